The summed E-state index contributed by atoms with van der Waals surface area (Å²) in [5.74, 6) is 0.849. The van der Waals surface area contributed by atoms with E-state index in [4.69, 9.17) is 0 Å². The maximum absolute atomic E-state index is 12.6. The van der Waals surface area contributed by atoms with E-state index in [1.165, 1.54) is 12.8 Å². The zero-order chi connectivity index (χ0) is 14.7. The first-order valence-electron chi connectivity index (χ1n) is 7.68. The number of hydrogen-bond acceptors (Lipinski definition) is 4. The van der Waals surface area contributed by atoms with Gasteiger partial charge in [-0.25, -0.2) is 0 Å². The fourth-order valence-corrected chi connectivity index (χ4v) is 4.10. The number of rotatable bonds is 3. The van der Waals surface area contributed by atoms with Gasteiger partial charge in [-0.1, -0.05) is 12.1 Å². The third-order valence-corrected chi connectivity index (χ3v) is 5.63. The van der Waals surface area contributed by atoms with Crippen molar-refractivity contribution in [3.8, 4) is 0 Å². The molecule has 0 atom stereocenters. The van der Waals surface area contributed by atoms with Crippen LogP contribution in [0.3, 0.4) is 0 Å². The second-order valence-electron chi connectivity index (χ2n) is 5.72. The minimum Gasteiger partial charge on any atom is -0.371 e. The van der Waals surface area contributed by atoms with Crippen LogP contribution in [0, 0.1) is 0 Å². The normalized spacial score (nSPS) is 19.5. The number of nitrogens with one attached hydrogen (secondary N) is 1. The maximum atomic E-state index is 12.6. The Kier molecular flexibility index (Phi) is 4.70. The fraction of sp³-hybridized carbons (Fsp3) is 0.562. The van der Waals surface area contributed by atoms with Gasteiger partial charge in [-0.2, -0.15) is 0 Å². The molecule has 21 heavy (non-hydrogen) atoms. The first-order valence-corrected chi connectivity index (χ1v) is 8.73. The number of amides is 1. The van der Waals surface area contributed by atoms with Gasteiger partial charge < -0.3 is 15.1 Å². The van der Waals surface area contributed by atoms with Crippen molar-refractivity contribution in [2.75, 3.05) is 48.8 Å². The van der Waals surface area contributed by atoms with Crippen LogP contribution < -0.4 is 15.1 Å². The Bertz CT molecular complexity index is 502. The molecule has 0 radical (unpaired) electrons. The largest absolute Gasteiger partial charge is 0.371 e. The van der Waals surface area contributed by atoms with E-state index in [1.807, 2.05) is 28.8 Å². The number of nitrogens with zero attached hydrogens (tertiary/aromatic N) is 2. The molecule has 0 unspecified atom stereocenters. The molecule has 1 amide bonds. The van der Waals surface area contributed by atoms with Crippen molar-refractivity contribution in [1.82, 2.24) is 5.32 Å². The Hall–Kier alpha value is -1.20. The Morgan fingerprint density at radius 1 is 1.24 bits per heavy atom. The van der Waals surface area contributed by atoms with E-state index in [0.717, 1.165) is 37.6 Å². The number of hydrogen-bond donors (Lipinski definition) is 1. The molecule has 2 heterocycles. The van der Waals surface area contributed by atoms with E-state index >= 15 is 0 Å². The number of benzene rings is 1. The first-order chi connectivity index (χ1) is 10.3. The molecule has 1 aromatic carbocycles. The van der Waals surface area contributed by atoms with Crippen LogP contribution in [-0.2, 0) is 4.79 Å². The number of para-hydroxylation sites is 2. The number of thioether (sulfide) groups is 1. The van der Waals surface area contributed by atoms with Crippen LogP contribution in [0.1, 0.15) is 12.8 Å². The van der Waals surface area contributed by atoms with Crippen molar-refractivity contribution in [3.63, 3.8) is 0 Å². The Morgan fingerprint density at radius 2 is 1.95 bits per heavy atom. The quantitative estimate of drug-likeness (QED) is 0.926. The maximum Gasteiger partial charge on any atom is 0.237 e. The minimum absolute atomic E-state index is 0.249. The van der Waals surface area contributed by atoms with Crippen molar-refractivity contribution in [2.45, 2.75) is 18.1 Å². The molecule has 1 fully saturated rings. The standard InChI is InChI=1S/C16H23N3OS/c1-18-10-11-19(15-5-3-2-4-14(15)18)16(20)12-21-13-6-8-17-9-7-13/h2-5,13,17H,6-12H2,1H3. The number of piperidine rings is 1. The van der Waals surface area contributed by atoms with Gasteiger partial charge in [0, 0.05) is 25.4 Å². The van der Waals surface area contributed by atoms with Crippen LogP contribution in [0.2, 0.25) is 0 Å². The fourth-order valence-electron chi connectivity index (χ4n) is 2.99. The van der Waals surface area contributed by atoms with Gasteiger partial charge in [0.15, 0.2) is 0 Å². The van der Waals surface area contributed by atoms with Crippen LogP contribution >= 0.6 is 11.8 Å². The molecule has 5 heteroatoms. The Morgan fingerprint density at radius 3 is 2.71 bits per heavy atom. The predicted molar refractivity (Wildman–Crippen MR) is 90.4 cm³/mol. The number of fused-ring (bicyclic) bond motifs is 1. The zero-order valence-corrected chi connectivity index (χ0v) is 13.4. The first kappa shape index (κ1) is 14.7. The SMILES string of the molecule is CN1CCN(C(=O)CSC2CCNCC2)c2ccccc21. The highest BCUT2D eigenvalue weighted by Crippen LogP contribution is 2.32. The third-order valence-electron chi connectivity index (χ3n) is 4.27. The van der Waals surface area contributed by atoms with Crippen LogP contribution in [0.25, 0.3) is 0 Å². The second-order valence-corrected chi connectivity index (χ2v) is 7.00. The molecule has 0 aliphatic carbocycles. The second kappa shape index (κ2) is 6.71. The molecule has 0 aromatic heterocycles. The molecule has 3 rings (SSSR count). The van der Waals surface area contributed by atoms with Gasteiger partial charge in [0.2, 0.25) is 5.91 Å². The molecule has 2 aliphatic rings. The van der Waals surface area contributed by atoms with Gasteiger partial charge in [0.05, 0.1) is 17.1 Å². The minimum atomic E-state index is 0.249. The van der Waals surface area contributed by atoms with Crippen LogP contribution in [0.4, 0.5) is 11.4 Å². The highest BCUT2D eigenvalue weighted by Gasteiger charge is 2.25. The molecular weight excluding hydrogens is 282 g/mol. The van der Waals surface area contributed by atoms with Crippen LogP contribution in [0.5, 0.6) is 0 Å². The van der Waals surface area contributed by atoms with Crippen molar-refractivity contribution >= 4 is 29.0 Å². The summed E-state index contributed by atoms with van der Waals surface area (Å²) in [6.07, 6.45) is 2.36. The zero-order valence-electron chi connectivity index (χ0n) is 12.5. The van der Waals surface area contributed by atoms with Crippen LogP contribution in [0.15, 0.2) is 24.3 Å². The topological polar surface area (TPSA) is 35.6 Å². The summed E-state index contributed by atoms with van der Waals surface area (Å²) in [6.45, 7) is 3.87. The summed E-state index contributed by atoms with van der Waals surface area (Å²) in [7, 11) is 2.09. The predicted octanol–water partition coefficient (Wildman–Crippen LogP) is 1.95. The summed E-state index contributed by atoms with van der Waals surface area (Å²) < 4.78 is 0. The lowest BCUT2D eigenvalue weighted by atomic mass is 10.2. The molecule has 1 aromatic rings. The number of likely N-dealkylation sites (N-methyl/N-ethyl adjacent to an activating group) is 1. The molecule has 4 nitrogen and oxygen atoms in total. The average molecular weight is 305 g/mol. The lowest BCUT2D eigenvalue weighted by Gasteiger charge is -2.36. The molecule has 0 saturated carbocycles. The van der Waals surface area contributed by atoms with E-state index in [0.29, 0.717) is 11.0 Å². The highest BCUT2D eigenvalue weighted by atomic mass is 32.2. The molecule has 0 spiro atoms. The van der Waals surface area contributed by atoms with E-state index in [9.17, 15) is 4.79 Å². The lowest BCUT2D eigenvalue weighted by Crippen LogP contribution is -2.43. The van der Waals surface area contributed by atoms with Gasteiger partial charge >= 0.3 is 0 Å². The summed E-state index contributed by atoms with van der Waals surface area (Å²) in [4.78, 5) is 16.8. The lowest BCUT2D eigenvalue weighted by molar-refractivity contribution is -0.116. The van der Waals surface area contributed by atoms with Gasteiger partial charge in [-0.3, -0.25) is 4.79 Å². The monoisotopic (exact) mass is 305 g/mol. The third kappa shape index (κ3) is 3.35. The van der Waals surface area contributed by atoms with E-state index in [-0.39, 0.29) is 5.91 Å². The molecule has 114 valence electrons. The highest BCUT2D eigenvalue weighted by molar-refractivity contribution is 8.00. The van der Waals surface area contributed by atoms with Gasteiger partial charge in [-0.05, 0) is 38.1 Å². The van der Waals surface area contributed by atoms with E-state index in [1.54, 1.807) is 0 Å². The number of carbonyl (C=O) groups excluding carboxylic acids is 1. The molecule has 1 N–H and O–H groups in total. The van der Waals surface area contributed by atoms with Crippen molar-refractivity contribution < 1.29 is 4.79 Å². The van der Waals surface area contributed by atoms with Gasteiger partial charge in [0.25, 0.3) is 0 Å². The summed E-state index contributed by atoms with van der Waals surface area (Å²) in [5, 5.41) is 4.01. The Labute approximate surface area is 130 Å². The Balaban J connectivity index is 1.63. The van der Waals surface area contributed by atoms with Gasteiger partial charge in [-0.15, -0.1) is 11.8 Å². The van der Waals surface area contributed by atoms with Crippen molar-refractivity contribution in [1.29, 1.82) is 0 Å². The summed E-state index contributed by atoms with van der Waals surface area (Å²) >= 11 is 1.83. The molecule has 0 bridgehead atoms. The van der Waals surface area contributed by atoms with E-state index in [2.05, 4.69) is 29.4 Å². The smallest absolute Gasteiger partial charge is 0.237 e. The average Bonchev–Trinajstić information content (AvgIpc) is 2.54. The summed E-state index contributed by atoms with van der Waals surface area (Å²) in [5.41, 5.74) is 2.21. The summed E-state index contributed by atoms with van der Waals surface area (Å²) in [6, 6.07) is 8.19. The molecule has 2 aliphatic heterocycles. The van der Waals surface area contributed by atoms with Gasteiger partial charge in [0.1, 0.15) is 0 Å². The van der Waals surface area contributed by atoms with Crippen LogP contribution in [-0.4, -0.2) is 50.1 Å². The molecular formula is C16H23N3OS. The van der Waals surface area contributed by atoms with Crippen molar-refractivity contribution in [3.05, 3.63) is 24.3 Å². The number of anilines is 2. The number of carbonyl (C=O) groups is 1. The van der Waals surface area contributed by atoms with E-state index < -0.39 is 0 Å². The molecule has 1 saturated heterocycles. The van der Waals surface area contributed by atoms with Crippen molar-refractivity contribution in [2.24, 2.45) is 0 Å².